The second kappa shape index (κ2) is 8.98. The van der Waals surface area contributed by atoms with Gasteiger partial charge in [-0.05, 0) is 38.2 Å². The van der Waals surface area contributed by atoms with Crippen molar-refractivity contribution in [2.75, 3.05) is 17.2 Å². The summed E-state index contributed by atoms with van der Waals surface area (Å²) in [5, 5.41) is 9.64. The Morgan fingerprint density at radius 3 is 2.52 bits per heavy atom. The zero-order valence-corrected chi connectivity index (χ0v) is 14.4. The van der Waals surface area contributed by atoms with Gasteiger partial charge in [-0.3, -0.25) is 0 Å². The number of hydrogen-bond acceptors (Lipinski definition) is 3. The van der Waals surface area contributed by atoms with Crippen molar-refractivity contribution >= 4 is 23.4 Å². The molecule has 0 radical (unpaired) electrons. The van der Waals surface area contributed by atoms with Crippen LogP contribution in [0, 0.1) is 0 Å². The number of benzene rings is 1. The van der Waals surface area contributed by atoms with Crippen LogP contribution in [0.15, 0.2) is 23.1 Å². The van der Waals surface area contributed by atoms with Crippen molar-refractivity contribution in [3.8, 4) is 0 Å². The number of hydrogen-bond donors (Lipinski definition) is 1. The lowest BCUT2D eigenvalue weighted by Gasteiger charge is -2.31. The molecule has 0 aliphatic heterocycles. The van der Waals surface area contributed by atoms with Crippen LogP contribution in [0.2, 0.25) is 0 Å². The van der Waals surface area contributed by atoms with Gasteiger partial charge in [0.15, 0.2) is 0 Å². The van der Waals surface area contributed by atoms with Crippen LogP contribution >= 0.6 is 11.8 Å². The lowest BCUT2D eigenvalue weighted by atomic mass is 10.1. The predicted molar refractivity (Wildman–Crippen MR) is 91.8 cm³/mol. The van der Waals surface area contributed by atoms with Crippen LogP contribution in [-0.2, 0) is 0 Å². The Labute approximate surface area is 132 Å². The standard InChI is InChI=1S/C17H27NO2S/c1-5-7-8-12-18(13(3)4)14-10-9-11-15(21-6-2)16(14)17(19)20/h9-11,13H,5-8,12H2,1-4H3,(H,19,20). The molecule has 0 amide bonds. The highest BCUT2D eigenvalue weighted by molar-refractivity contribution is 7.99. The Hall–Kier alpha value is -1.16. The Bertz CT molecular complexity index is 460. The van der Waals surface area contributed by atoms with Crippen molar-refractivity contribution in [1.82, 2.24) is 0 Å². The average molecular weight is 309 g/mol. The first-order chi connectivity index (χ1) is 10.0. The third kappa shape index (κ3) is 4.95. The third-order valence-corrected chi connectivity index (χ3v) is 4.39. The van der Waals surface area contributed by atoms with Gasteiger partial charge in [-0.1, -0.05) is 32.8 Å². The van der Waals surface area contributed by atoms with Gasteiger partial charge >= 0.3 is 5.97 Å². The third-order valence-electron chi connectivity index (χ3n) is 3.45. The average Bonchev–Trinajstić information content (AvgIpc) is 2.43. The maximum atomic E-state index is 11.7. The Kier molecular flexibility index (Phi) is 7.65. The smallest absolute Gasteiger partial charge is 0.338 e. The number of carboxylic acids is 1. The van der Waals surface area contributed by atoms with Crippen LogP contribution < -0.4 is 4.90 Å². The summed E-state index contributed by atoms with van der Waals surface area (Å²) < 4.78 is 0. The number of carbonyl (C=O) groups is 1. The number of carboxylic acid groups (broad SMARTS) is 1. The zero-order chi connectivity index (χ0) is 15.8. The topological polar surface area (TPSA) is 40.5 Å². The largest absolute Gasteiger partial charge is 0.478 e. The number of nitrogens with zero attached hydrogens (tertiary/aromatic N) is 1. The highest BCUT2D eigenvalue weighted by Crippen LogP contribution is 2.32. The van der Waals surface area contributed by atoms with Crippen LogP contribution in [0.1, 0.15) is 57.3 Å². The van der Waals surface area contributed by atoms with E-state index < -0.39 is 5.97 Å². The Balaban J connectivity index is 3.17. The van der Waals surface area contributed by atoms with E-state index >= 15 is 0 Å². The Morgan fingerprint density at radius 1 is 1.29 bits per heavy atom. The summed E-state index contributed by atoms with van der Waals surface area (Å²) in [6.45, 7) is 9.38. The number of rotatable bonds is 9. The van der Waals surface area contributed by atoms with E-state index in [1.807, 2.05) is 25.1 Å². The Morgan fingerprint density at radius 2 is 2.00 bits per heavy atom. The fraction of sp³-hybridized carbons (Fsp3) is 0.588. The maximum Gasteiger partial charge on any atom is 0.338 e. The molecule has 0 heterocycles. The molecule has 0 aromatic heterocycles. The first-order valence-corrected chi connectivity index (χ1v) is 8.77. The molecule has 1 aromatic carbocycles. The fourth-order valence-electron chi connectivity index (χ4n) is 2.44. The van der Waals surface area contributed by atoms with Crippen molar-refractivity contribution in [1.29, 1.82) is 0 Å². The van der Waals surface area contributed by atoms with E-state index in [1.54, 1.807) is 11.8 Å². The van der Waals surface area contributed by atoms with Gasteiger partial charge in [0.1, 0.15) is 0 Å². The van der Waals surface area contributed by atoms with E-state index in [4.69, 9.17) is 0 Å². The monoisotopic (exact) mass is 309 g/mol. The molecule has 4 heteroatoms. The summed E-state index contributed by atoms with van der Waals surface area (Å²) in [6, 6.07) is 6.11. The van der Waals surface area contributed by atoms with Gasteiger partial charge in [-0.2, -0.15) is 0 Å². The minimum Gasteiger partial charge on any atom is -0.478 e. The molecule has 1 N–H and O–H groups in total. The first kappa shape index (κ1) is 17.9. The molecule has 0 atom stereocenters. The number of thioether (sulfide) groups is 1. The summed E-state index contributed by atoms with van der Waals surface area (Å²) in [6.07, 6.45) is 3.44. The van der Waals surface area contributed by atoms with E-state index in [0.717, 1.165) is 29.3 Å². The van der Waals surface area contributed by atoms with Gasteiger partial charge in [-0.25, -0.2) is 4.79 Å². The van der Waals surface area contributed by atoms with Crippen molar-refractivity contribution in [2.45, 2.75) is 57.9 Å². The molecule has 1 aromatic rings. The molecular formula is C17H27NO2S. The van der Waals surface area contributed by atoms with Crippen LogP contribution in [-0.4, -0.2) is 29.4 Å². The van der Waals surface area contributed by atoms with E-state index in [2.05, 4.69) is 25.7 Å². The SMILES string of the molecule is CCCCCN(c1cccc(SCC)c1C(=O)O)C(C)C. The summed E-state index contributed by atoms with van der Waals surface area (Å²) in [7, 11) is 0. The quantitative estimate of drug-likeness (QED) is 0.520. The van der Waals surface area contributed by atoms with E-state index in [0.29, 0.717) is 11.6 Å². The van der Waals surface area contributed by atoms with E-state index in [-0.39, 0.29) is 0 Å². The highest BCUT2D eigenvalue weighted by Gasteiger charge is 2.21. The van der Waals surface area contributed by atoms with Crippen LogP contribution in [0.3, 0.4) is 0 Å². The molecule has 3 nitrogen and oxygen atoms in total. The molecule has 118 valence electrons. The molecule has 0 aliphatic rings. The first-order valence-electron chi connectivity index (χ1n) is 7.78. The summed E-state index contributed by atoms with van der Waals surface area (Å²) in [5.41, 5.74) is 1.31. The van der Waals surface area contributed by atoms with E-state index in [9.17, 15) is 9.90 Å². The van der Waals surface area contributed by atoms with Crippen molar-refractivity contribution < 1.29 is 9.90 Å². The normalized spacial score (nSPS) is 10.9. The molecule has 0 saturated carbocycles. The maximum absolute atomic E-state index is 11.7. The number of unbranched alkanes of at least 4 members (excludes halogenated alkanes) is 2. The molecule has 0 bridgehead atoms. The van der Waals surface area contributed by atoms with Crippen LogP contribution in [0.5, 0.6) is 0 Å². The molecule has 0 unspecified atom stereocenters. The minimum absolute atomic E-state index is 0.293. The molecule has 1 rings (SSSR count). The van der Waals surface area contributed by atoms with Gasteiger partial charge < -0.3 is 10.0 Å². The molecule has 0 spiro atoms. The lowest BCUT2D eigenvalue weighted by molar-refractivity contribution is 0.0693. The van der Waals surface area contributed by atoms with Crippen LogP contribution in [0.4, 0.5) is 5.69 Å². The van der Waals surface area contributed by atoms with E-state index in [1.165, 1.54) is 12.8 Å². The van der Waals surface area contributed by atoms with Gasteiger partial charge in [0.2, 0.25) is 0 Å². The second-order valence-electron chi connectivity index (χ2n) is 5.38. The van der Waals surface area contributed by atoms with Gasteiger partial charge in [0.05, 0.1) is 11.3 Å². The predicted octanol–water partition coefficient (Wildman–Crippen LogP) is 4.90. The van der Waals surface area contributed by atoms with Crippen molar-refractivity contribution in [3.63, 3.8) is 0 Å². The number of aromatic carboxylic acids is 1. The second-order valence-corrected chi connectivity index (χ2v) is 6.69. The minimum atomic E-state index is -0.831. The number of anilines is 1. The fourth-order valence-corrected chi connectivity index (χ4v) is 3.26. The molecule has 0 aliphatic carbocycles. The molecular weight excluding hydrogens is 282 g/mol. The summed E-state index contributed by atoms with van der Waals surface area (Å²) in [4.78, 5) is 14.8. The zero-order valence-electron chi connectivity index (χ0n) is 13.6. The summed E-state index contributed by atoms with van der Waals surface area (Å²) in [5.74, 6) is 0.0454. The molecule has 0 fully saturated rings. The lowest BCUT2D eigenvalue weighted by Crippen LogP contribution is -2.33. The highest BCUT2D eigenvalue weighted by atomic mass is 32.2. The molecule has 0 saturated heterocycles. The molecule has 21 heavy (non-hydrogen) atoms. The van der Waals surface area contributed by atoms with Gasteiger partial charge in [-0.15, -0.1) is 11.8 Å². The van der Waals surface area contributed by atoms with Gasteiger partial charge in [0, 0.05) is 17.5 Å². The van der Waals surface area contributed by atoms with Gasteiger partial charge in [0.25, 0.3) is 0 Å². The summed E-state index contributed by atoms with van der Waals surface area (Å²) >= 11 is 1.59. The van der Waals surface area contributed by atoms with Crippen LogP contribution in [0.25, 0.3) is 0 Å². The van der Waals surface area contributed by atoms with Crippen molar-refractivity contribution in [3.05, 3.63) is 23.8 Å². The van der Waals surface area contributed by atoms with Crippen molar-refractivity contribution in [2.24, 2.45) is 0 Å².